The summed E-state index contributed by atoms with van der Waals surface area (Å²) in [5.74, 6) is 0.121. The Kier molecular flexibility index (Phi) is 4.09. The fourth-order valence-electron chi connectivity index (χ4n) is 3.26. The number of hydrogen-bond donors (Lipinski definition) is 0. The highest BCUT2D eigenvalue weighted by Crippen LogP contribution is 2.26. The van der Waals surface area contributed by atoms with Crippen molar-refractivity contribution in [2.45, 2.75) is 19.8 Å². The lowest BCUT2D eigenvalue weighted by Gasteiger charge is -2.19. The third-order valence-corrected chi connectivity index (χ3v) is 5.61. The molecule has 0 saturated carbocycles. The number of nitrogens with zero attached hydrogens (tertiary/aromatic N) is 5. The first-order valence-electron chi connectivity index (χ1n) is 8.28. The molecule has 1 aliphatic heterocycles. The average molecular weight is 353 g/mol. The van der Waals surface area contributed by atoms with Gasteiger partial charge in [-0.05, 0) is 30.4 Å². The third kappa shape index (κ3) is 2.95. The van der Waals surface area contributed by atoms with E-state index in [1.807, 2.05) is 42.7 Å². The number of thiophene rings is 1. The van der Waals surface area contributed by atoms with Crippen molar-refractivity contribution in [1.82, 2.24) is 24.6 Å². The number of carbonyl (C=O) groups excluding carboxylic acids is 1. The van der Waals surface area contributed by atoms with Crippen molar-refractivity contribution in [2.75, 3.05) is 13.1 Å². The number of hydrogen-bond acceptors (Lipinski definition) is 5. The molecule has 0 unspecified atom stereocenters. The van der Waals surface area contributed by atoms with Crippen molar-refractivity contribution < 1.29 is 4.79 Å². The number of aryl methyl sites for hydroxylation is 2. The minimum atomic E-state index is 0.121. The second-order valence-electron chi connectivity index (χ2n) is 6.28. The van der Waals surface area contributed by atoms with Crippen LogP contribution in [-0.4, -0.2) is 43.6 Å². The summed E-state index contributed by atoms with van der Waals surface area (Å²) in [4.78, 5) is 24.6. The van der Waals surface area contributed by atoms with Gasteiger partial charge in [0, 0.05) is 49.6 Å². The zero-order valence-electron chi connectivity index (χ0n) is 14.3. The maximum Gasteiger partial charge on any atom is 0.264 e. The van der Waals surface area contributed by atoms with Gasteiger partial charge in [-0.2, -0.15) is 5.10 Å². The van der Waals surface area contributed by atoms with Gasteiger partial charge < -0.3 is 4.90 Å². The molecule has 0 saturated heterocycles. The molecule has 4 rings (SSSR count). The van der Waals surface area contributed by atoms with E-state index >= 15 is 0 Å². The van der Waals surface area contributed by atoms with Crippen LogP contribution < -0.4 is 0 Å². The van der Waals surface area contributed by atoms with Gasteiger partial charge in [-0.25, -0.2) is 9.97 Å². The number of fused-ring (bicyclic) bond motifs is 1. The molecule has 25 heavy (non-hydrogen) atoms. The predicted octanol–water partition coefficient (Wildman–Crippen LogP) is 2.49. The van der Waals surface area contributed by atoms with Crippen molar-refractivity contribution in [3.63, 3.8) is 0 Å². The first kappa shape index (κ1) is 16.0. The smallest absolute Gasteiger partial charge is 0.264 e. The minimum Gasteiger partial charge on any atom is -0.337 e. The van der Waals surface area contributed by atoms with E-state index in [1.54, 1.807) is 11.0 Å². The van der Waals surface area contributed by atoms with Gasteiger partial charge in [-0.3, -0.25) is 9.48 Å². The van der Waals surface area contributed by atoms with Crippen LogP contribution in [0.3, 0.4) is 0 Å². The minimum absolute atomic E-state index is 0.121. The van der Waals surface area contributed by atoms with Gasteiger partial charge in [-0.15, -0.1) is 11.3 Å². The van der Waals surface area contributed by atoms with E-state index in [-0.39, 0.29) is 5.91 Å². The number of aromatic nitrogens is 4. The number of rotatable bonds is 2. The van der Waals surface area contributed by atoms with Crippen molar-refractivity contribution in [3.05, 3.63) is 51.9 Å². The van der Waals surface area contributed by atoms with Crippen LogP contribution in [-0.2, 0) is 19.9 Å². The van der Waals surface area contributed by atoms with Crippen LogP contribution in [0, 0.1) is 6.92 Å². The summed E-state index contributed by atoms with van der Waals surface area (Å²) in [6.45, 7) is 3.36. The highest BCUT2D eigenvalue weighted by molar-refractivity contribution is 7.12. The molecule has 0 radical (unpaired) electrons. The van der Waals surface area contributed by atoms with E-state index in [4.69, 9.17) is 0 Å². The van der Waals surface area contributed by atoms with E-state index in [0.717, 1.165) is 45.8 Å². The first-order chi connectivity index (χ1) is 12.1. The Balaban J connectivity index is 1.62. The predicted molar refractivity (Wildman–Crippen MR) is 96.6 cm³/mol. The first-order valence-corrected chi connectivity index (χ1v) is 9.16. The molecule has 6 nitrogen and oxygen atoms in total. The molecule has 3 aromatic rings. The Hall–Kier alpha value is -2.54. The Labute approximate surface area is 150 Å². The molecule has 128 valence electrons. The van der Waals surface area contributed by atoms with Crippen molar-refractivity contribution in [3.8, 4) is 11.3 Å². The molecule has 0 spiro atoms. The lowest BCUT2D eigenvalue weighted by Crippen LogP contribution is -2.33. The maximum atomic E-state index is 12.8. The molecule has 0 aromatic carbocycles. The molecule has 1 aliphatic rings. The Morgan fingerprint density at radius 1 is 1.24 bits per heavy atom. The fraction of sp³-hybridized carbons (Fsp3) is 0.333. The highest BCUT2D eigenvalue weighted by atomic mass is 32.1. The lowest BCUT2D eigenvalue weighted by molar-refractivity contribution is 0.0767. The van der Waals surface area contributed by atoms with Crippen LogP contribution in [0.1, 0.15) is 26.5 Å². The molecule has 0 N–H and O–H groups in total. The van der Waals surface area contributed by atoms with Gasteiger partial charge >= 0.3 is 0 Å². The summed E-state index contributed by atoms with van der Waals surface area (Å²) < 4.78 is 1.77. The van der Waals surface area contributed by atoms with E-state index in [2.05, 4.69) is 15.1 Å². The van der Waals surface area contributed by atoms with Gasteiger partial charge in [0.15, 0.2) is 0 Å². The van der Waals surface area contributed by atoms with Gasteiger partial charge in [0.1, 0.15) is 6.33 Å². The second kappa shape index (κ2) is 6.40. The summed E-state index contributed by atoms with van der Waals surface area (Å²) >= 11 is 1.51. The Bertz CT molecular complexity index is 929. The standard InChI is InChI=1S/C18H19N5OS/c1-12-5-8-25-17(12)18(24)23-6-3-14-15(4-7-23)19-11-20-16(14)13-9-21-22(2)10-13/h5,8-11H,3-4,6-7H2,1-2H3. The monoisotopic (exact) mass is 353 g/mol. The maximum absolute atomic E-state index is 12.8. The van der Waals surface area contributed by atoms with E-state index in [1.165, 1.54) is 11.3 Å². The number of amides is 1. The average Bonchev–Trinajstić information content (AvgIpc) is 3.16. The van der Waals surface area contributed by atoms with E-state index in [9.17, 15) is 4.79 Å². The Morgan fingerprint density at radius 2 is 2.08 bits per heavy atom. The third-order valence-electron chi connectivity index (χ3n) is 4.61. The molecule has 0 fully saturated rings. The molecule has 7 heteroatoms. The second-order valence-corrected chi connectivity index (χ2v) is 7.19. The summed E-state index contributed by atoms with van der Waals surface area (Å²) in [6.07, 6.45) is 6.91. The molecule has 3 aromatic heterocycles. The molecule has 0 bridgehead atoms. The summed E-state index contributed by atoms with van der Waals surface area (Å²) in [7, 11) is 1.90. The summed E-state index contributed by atoms with van der Waals surface area (Å²) in [5, 5.41) is 6.22. The normalized spacial score (nSPS) is 14.2. The Morgan fingerprint density at radius 3 is 2.80 bits per heavy atom. The van der Waals surface area contributed by atoms with Crippen molar-refractivity contribution in [1.29, 1.82) is 0 Å². The SMILES string of the molecule is Cc1ccsc1C(=O)N1CCc2ncnc(-c3cnn(C)c3)c2CC1. The van der Waals surface area contributed by atoms with Crippen LogP contribution in [0.5, 0.6) is 0 Å². The van der Waals surface area contributed by atoms with Crippen molar-refractivity contribution in [2.24, 2.45) is 7.05 Å². The van der Waals surface area contributed by atoms with Gasteiger partial charge in [0.05, 0.1) is 16.8 Å². The molecular formula is C18H19N5OS. The lowest BCUT2D eigenvalue weighted by atomic mass is 10.0. The van der Waals surface area contributed by atoms with Gasteiger partial charge in [0.25, 0.3) is 5.91 Å². The van der Waals surface area contributed by atoms with Gasteiger partial charge in [0.2, 0.25) is 0 Å². The van der Waals surface area contributed by atoms with Crippen LogP contribution >= 0.6 is 11.3 Å². The zero-order chi connectivity index (χ0) is 17.4. The largest absolute Gasteiger partial charge is 0.337 e. The summed E-state index contributed by atoms with van der Waals surface area (Å²) in [5.41, 5.74) is 5.14. The highest BCUT2D eigenvalue weighted by Gasteiger charge is 2.24. The van der Waals surface area contributed by atoms with E-state index < -0.39 is 0 Å². The molecule has 0 aliphatic carbocycles. The van der Waals surface area contributed by atoms with Gasteiger partial charge in [-0.1, -0.05) is 0 Å². The molecule has 0 atom stereocenters. The fourth-order valence-corrected chi connectivity index (χ4v) is 4.15. The zero-order valence-corrected chi connectivity index (χ0v) is 15.1. The van der Waals surface area contributed by atoms with Crippen LogP contribution in [0.4, 0.5) is 0 Å². The molecular weight excluding hydrogens is 334 g/mol. The van der Waals surface area contributed by atoms with Crippen LogP contribution in [0.2, 0.25) is 0 Å². The molecule has 1 amide bonds. The van der Waals surface area contributed by atoms with Crippen molar-refractivity contribution >= 4 is 17.2 Å². The topological polar surface area (TPSA) is 63.9 Å². The molecule has 4 heterocycles. The van der Waals surface area contributed by atoms with Crippen LogP contribution in [0.15, 0.2) is 30.2 Å². The van der Waals surface area contributed by atoms with E-state index in [0.29, 0.717) is 13.1 Å². The quantitative estimate of drug-likeness (QED) is 0.710. The summed E-state index contributed by atoms with van der Waals surface area (Å²) in [6, 6.07) is 2.00. The van der Waals surface area contributed by atoms with Crippen LogP contribution in [0.25, 0.3) is 11.3 Å². The number of carbonyl (C=O) groups is 1.